The minimum Gasteiger partial charge on any atom is -0.350 e. The minimum atomic E-state index is -0.581. The maximum absolute atomic E-state index is 13.7. The summed E-state index contributed by atoms with van der Waals surface area (Å²) in [5.74, 6) is -0.593. The Balaban J connectivity index is 2.02. The largest absolute Gasteiger partial charge is 0.350 e. The molecule has 0 saturated carbocycles. The van der Waals surface area contributed by atoms with Crippen LogP contribution in [0.2, 0.25) is 5.02 Å². The van der Waals surface area contributed by atoms with Crippen LogP contribution in [0.3, 0.4) is 0 Å². The summed E-state index contributed by atoms with van der Waals surface area (Å²) in [5, 5.41) is 2.98. The average Bonchev–Trinajstić information content (AvgIpc) is 2.92. The monoisotopic (exact) mass is 312 g/mol. The number of benzene rings is 1. The lowest BCUT2D eigenvalue weighted by molar-refractivity contribution is 0.0923. The third kappa shape index (κ3) is 3.95. The second-order valence-corrected chi connectivity index (χ2v) is 6.27. The van der Waals surface area contributed by atoms with Gasteiger partial charge in [0.2, 0.25) is 0 Å². The molecular formula is C16H22ClFN2O. The summed E-state index contributed by atoms with van der Waals surface area (Å²) in [6, 6.07) is 4.55. The Morgan fingerprint density at radius 3 is 2.62 bits per heavy atom. The summed E-state index contributed by atoms with van der Waals surface area (Å²) < 4.78 is 13.7. The predicted molar refractivity (Wildman–Crippen MR) is 83.2 cm³/mol. The van der Waals surface area contributed by atoms with Gasteiger partial charge in [0.1, 0.15) is 5.82 Å². The van der Waals surface area contributed by atoms with Crippen molar-refractivity contribution in [1.82, 2.24) is 10.2 Å². The Kier molecular flexibility index (Phi) is 5.59. The van der Waals surface area contributed by atoms with Gasteiger partial charge in [-0.1, -0.05) is 31.5 Å². The number of rotatable bonds is 5. The number of carbonyl (C=O) groups is 1. The summed E-state index contributed by atoms with van der Waals surface area (Å²) in [4.78, 5) is 14.6. The first kappa shape index (κ1) is 16.2. The molecule has 1 unspecified atom stereocenters. The molecule has 0 aromatic heterocycles. The van der Waals surface area contributed by atoms with Crippen molar-refractivity contribution in [2.45, 2.75) is 32.7 Å². The second kappa shape index (κ2) is 7.23. The Morgan fingerprint density at radius 2 is 2.05 bits per heavy atom. The number of carbonyl (C=O) groups excluding carboxylic acids is 1. The summed E-state index contributed by atoms with van der Waals surface area (Å²) in [7, 11) is 0. The predicted octanol–water partition coefficient (Wildman–Crippen LogP) is 3.33. The maximum Gasteiger partial charge on any atom is 0.255 e. The highest BCUT2D eigenvalue weighted by molar-refractivity contribution is 6.33. The third-order valence-electron chi connectivity index (χ3n) is 4.04. The molecule has 0 bridgehead atoms. The average molecular weight is 313 g/mol. The van der Waals surface area contributed by atoms with E-state index in [1.54, 1.807) is 0 Å². The molecule has 0 aliphatic carbocycles. The van der Waals surface area contributed by atoms with Gasteiger partial charge in [0.25, 0.3) is 5.91 Å². The van der Waals surface area contributed by atoms with E-state index < -0.39 is 11.7 Å². The molecule has 1 aliphatic rings. The summed E-state index contributed by atoms with van der Waals surface area (Å²) in [6.45, 7) is 6.94. The van der Waals surface area contributed by atoms with E-state index in [1.165, 1.54) is 31.0 Å². The molecule has 21 heavy (non-hydrogen) atoms. The zero-order chi connectivity index (χ0) is 15.4. The van der Waals surface area contributed by atoms with Crippen LogP contribution in [0, 0.1) is 11.7 Å². The lowest BCUT2D eigenvalue weighted by Gasteiger charge is -2.31. The van der Waals surface area contributed by atoms with Crippen LogP contribution >= 0.6 is 11.6 Å². The van der Waals surface area contributed by atoms with Gasteiger partial charge in [-0.15, -0.1) is 0 Å². The molecule has 1 aromatic rings. The van der Waals surface area contributed by atoms with E-state index in [1.807, 2.05) is 0 Å². The van der Waals surface area contributed by atoms with Crippen LogP contribution in [-0.4, -0.2) is 36.5 Å². The number of likely N-dealkylation sites (tertiary alicyclic amines) is 1. The number of halogens is 2. The molecule has 0 radical (unpaired) electrons. The molecule has 1 atom stereocenters. The fourth-order valence-corrected chi connectivity index (χ4v) is 3.11. The van der Waals surface area contributed by atoms with Crippen molar-refractivity contribution in [3.05, 3.63) is 34.6 Å². The molecule has 116 valence electrons. The molecule has 1 N–H and O–H groups in total. The van der Waals surface area contributed by atoms with E-state index in [9.17, 15) is 9.18 Å². The van der Waals surface area contributed by atoms with Crippen molar-refractivity contribution in [3.8, 4) is 0 Å². The standard InChI is InChI=1S/C16H22ClFN2O/c1-11(2)14(20-8-3-4-9-20)10-19-16(21)15-12(17)6-5-7-13(15)18/h5-7,11,14H,3-4,8-10H2,1-2H3,(H,19,21). The number of hydrogen-bond acceptors (Lipinski definition) is 2. The number of nitrogens with zero attached hydrogens (tertiary/aromatic N) is 1. The fraction of sp³-hybridized carbons (Fsp3) is 0.562. The SMILES string of the molecule is CC(C)C(CNC(=O)c1c(F)cccc1Cl)N1CCCC1. The van der Waals surface area contributed by atoms with E-state index >= 15 is 0 Å². The summed E-state index contributed by atoms with van der Waals surface area (Å²) in [5.41, 5.74) is -0.0666. The van der Waals surface area contributed by atoms with E-state index in [4.69, 9.17) is 11.6 Å². The lowest BCUT2D eigenvalue weighted by Crippen LogP contribution is -2.45. The van der Waals surface area contributed by atoms with Crippen molar-refractivity contribution in [3.63, 3.8) is 0 Å². The van der Waals surface area contributed by atoms with Gasteiger partial charge < -0.3 is 5.32 Å². The van der Waals surface area contributed by atoms with Crippen molar-refractivity contribution in [1.29, 1.82) is 0 Å². The minimum absolute atomic E-state index is 0.0666. The molecule has 5 heteroatoms. The fourth-order valence-electron chi connectivity index (χ4n) is 2.86. The molecule has 0 spiro atoms. The normalized spacial score (nSPS) is 17.2. The van der Waals surface area contributed by atoms with Crippen molar-refractivity contribution in [2.75, 3.05) is 19.6 Å². The topological polar surface area (TPSA) is 32.3 Å². The lowest BCUT2D eigenvalue weighted by atomic mass is 10.0. The third-order valence-corrected chi connectivity index (χ3v) is 4.36. The zero-order valence-corrected chi connectivity index (χ0v) is 13.3. The summed E-state index contributed by atoms with van der Waals surface area (Å²) >= 11 is 5.92. The second-order valence-electron chi connectivity index (χ2n) is 5.86. The van der Waals surface area contributed by atoms with E-state index in [0.29, 0.717) is 12.5 Å². The van der Waals surface area contributed by atoms with E-state index in [2.05, 4.69) is 24.1 Å². The zero-order valence-electron chi connectivity index (χ0n) is 12.5. The van der Waals surface area contributed by atoms with Gasteiger partial charge in [-0.25, -0.2) is 4.39 Å². The smallest absolute Gasteiger partial charge is 0.255 e. The molecular weight excluding hydrogens is 291 g/mol. The van der Waals surface area contributed by atoms with Crippen molar-refractivity contribution in [2.24, 2.45) is 5.92 Å². The summed E-state index contributed by atoms with van der Waals surface area (Å²) in [6.07, 6.45) is 2.41. The quantitative estimate of drug-likeness (QED) is 0.904. The van der Waals surface area contributed by atoms with Crippen LogP contribution < -0.4 is 5.32 Å². The van der Waals surface area contributed by atoms with Gasteiger partial charge in [0, 0.05) is 12.6 Å². The van der Waals surface area contributed by atoms with Crippen LogP contribution in [0.5, 0.6) is 0 Å². The molecule has 1 aromatic carbocycles. The van der Waals surface area contributed by atoms with Crippen LogP contribution in [0.15, 0.2) is 18.2 Å². The van der Waals surface area contributed by atoms with Crippen LogP contribution in [0.25, 0.3) is 0 Å². The first-order chi connectivity index (χ1) is 10.0. The van der Waals surface area contributed by atoms with Crippen molar-refractivity contribution < 1.29 is 9.18 Å². The molecule has 2 rings (SSSR count). The highest BCUT2D eigenvalue weighted by Gasteiger charge is 2.25. The van der Waals surface area contributed by atoms with Gasteiger partial charge >= 0.3 is 0 Å². The van der Waals surface area contributed by atoms with Gasteiger partial charge in [-0.05, 0) is 44.0 Å². The number of hydrogen-bond donors (Lipinski definition) is 1. The Labute approximate surface area is 130 Å². The van der Waals surface area contributed by atoms with Gasteiger partial charge in [-0.2, -0.15) is 0 Å². The Morgan fingerprint density at radius 1 is 1.38 bits per heavy atom. The first-order valence-electron chi connectivity index (χ1n) is 7.47. The van der Waals surface area contributed by atoms with Crippen LogP contribution in [0.4, 0.5) is 4.39 Å². The number of amides is 1. The van der Waals surface area contributed by atoms with Crippen LogP contribution in [0.1, 0.15) is 37.0 Å². The molecule has 1 fully saturated rings. The molecule has 1 aliphatic heterocycles. The van der Waals surface area contributed by atoms with Crippen LogP contribution in [-0.2, 0) is 0 Å². The molecule has 3 nitrogen and oxygen atoms in total. The van der Waals surface area contributed by atoms with Gasteiger partial charge in [0.15, 0.2) is 0 Å². The first-order valence-corrected chi connectivity index (χ1v) is 7.84. The van der Waals surface area contributed by atoms with Gasteiger partial charge in [0.05, 0.1) is 10.6 Å². The van der Waals surface area contributed by atoms with E-state index in [0.717, 1.165) is 13.1 Å². The Hall–Kier alpha value is -1.13. The van der Waals surface area contributed by atoms with Gasteiger partial charge in [-0.3, -0.25) is 9.69 Å². The molecule has 1 saturated heterocycles. The highest BCUT2D eigenvalue weighted by atomic mass is 35.5. The Bertz CT molecular complexity index is 481. The number of nitrogens with one attached hydrogen (secondary N) is 1. The van der Waals surface area contributed by atoms with E-state index in [-0.39, 0.29) is 16.6 Å². The highest BCUT2D eigenvalue weighted by Crippen LogP contribution is 2.20. The van der Waals surface area contributed by atoms with Crippen molar-refractivity contribution >= 4 is 17.5 Å². The molecule has 1 heterocycles. The molecule has 1 amide bonds. The maximum atomic E-state index is 13.7.